The maximum absolute atomic E-state index is 12.9. The highest BCUT2D eigenvalue weighted by Crippen LogP contribution is 2.32. The van der Waals surface area contributed by atoms with E-state index in [0.717, 1.165) is 49.8 Å². The first-order valence-corrected chi connectivity index (χ1v) is 11.2. The number of carbonyl (C=O) groups excluding carboxylic acids is 1. The van der Waals surface area contributed by atoms with E-state index in [9.17, 15) is 4.79 Å². The molecule has 0 radical (unpaired) electrons. The number of ketones is 1. The van der Waals surface area contributed by atoms with Gasteiger partial charge in [0.25, 0.3) is 0 Å². The lowest BCUT2D eigenvalue weighted by Gasteiger charge is -2.33. The molecule has 0 amide bonds. The maximum atomic E-state index is 12.9. The van der Waals surface area contributed by atoms with Crippen LogP contribution >= 0.6 is 12.2 Å². The predicted octanol–water partition coefficient (Wildman–Crippen LogP) is 3.97. The number of hydrogen-bond acceptors (Lipinski definition) is 4. The van der Waals surface area contributed by atoms with E-state index in [0.29, 0.717) is 30.4 Å². The second-order valence-corrected chi connectivity index (χ2v) is 8.51. The molecule has 4 rings (SSSR count). The summed E-state index contributed by atoms with van der Waals surface area (Å²) < 4.78 is 11.2. The number of likely N-dealkylation sites (tertiary alicyclic amines) is 1. The topological polar surface area (TPSA) is 50.8 Å². The Morgan fingerprint density at radius 3 is 2.69 bits per heavy atom. The molecule has 1 aromatic rings. The van der Waals surface area contributed by atoms with E-state index < -0.39 is 0 Å². The zero-order valence-corrected chi connectivity index (χ0v) is 17.7. The molecule has 6 heteroatoms. The number of fused-ring (bicyclic) bond motifs is 1. The third-order valence-corrected chi connectivity index (χ3v) is 6.53. The summed E-state index contributed by atoms with van der Waals surface area (Å²) in [4.78, 5) is 15.1. The third-order valence-electron chi connectivity index (χ3n) is 6.12. The Labute approximate surface area is 178 Å². The maximum Gasteiger partial charge on any atom is 0.168 e. The molecule has 1 aromatic carbocycles. The highest BCUT2D eigenvalue weighted by Gasteiger charge is 2.27. The summed E-state index contributed by atoms with van der Waals surface area (Å²) in [5.41, 5.74) is 0.717. The summed E-state index contributed by atoms with van der Waals surface area (Å²) in [5, 5.41) is 4.25. The fraction of sp³-hybridized carbons (Fsp3) is 0.565. The molecule has 1 saturated heterocycles. The summed E-state index contributed by atoms with van der Waals surface area (Å²) >= 11 is 5.59. The van der Waals surface area contributed by atoms with Crippen LogP contribution in [0.5, 0.6) is 11.5 Å². The quantitative estimate of drug-likeness (QED) is 0.447. The molecule has 1 atom stereocenters. The van der Waals surface area contributed by atoms with Crippen molar-refractivity contribution in [2.45, 2.75) is 38.5 Å². The second kappa shape index (κ2) is 9.61. The summed E-state index contributed by atoms with van der Waals surface area (Å²) in [5.74, 6) is 2.34. The van der Waals surface area contributed by atoms with Crippen LogP contribution in [0, 0.1) is 11.8 Å². The number of rotatable bonds is 5. The highest BCUT2D eigenvalue weighted by molar-refractivity contribution is 7.80. The number of benzene rings is 1. The van der Waals surface area contributed by atoms with Crippen LogP contribution in [-0.2, 0) is 0 Å². The van der Waals surface area contributed by atoms with E-state index in [-0.39, 0.29) is 11.7 Å². The predicted molar refractivity (Wildman–Crippen MR) is 118 cm³/mol. The van der Waals surface area contributed by atoms with E-state index >= 15 is 0 Å². The van der Waals surface area contributed by atoms with Crippen molar-refractivity contribution < 1.29 is 14.3 Å². The number of nitrogens with one attached hydrogen (secondary N) is 1. The number of thiocarbonyl (C=S) groups is 1. The van der Waals surface area contributed by atoms with Gasteiger partial charge in [-0.15, -0.1) is 0 Å². The standard InChI is InChI=1S/C23H30N2O3S/c26-22(19-6-7-20-21(16-19)28-15-14-27-20)18-9-12-25(13-10-18)23(29)24-11-8-17-4-2-1-3-5-17/h2,4,6-7,16-18H,1,3,5,8-15H2,(H,24,29)/t17-/m0/s1. The monoisotopic (exact) mass is 414 g/mol. The first-order chi connectivity index (χ1) is 14.2. The third kappa shape index (κ3) is 5.10. The van der Waals surface area contributed by atoms with Gasteiger partial charge in [-0.2, -0.15) is 0 Å². The van der Waals surface area contributed by atoms with Crippen molar-refractivity contribution in [3.8, 4) is 11.5 Å². The fourth-order valence-electron chi connectivity index (χ4n) is 4.38. The first kappa shape index (κ1) is 20.2. The van der Waals surface area contributed by atoms with Gasteiger partial charge in [0, 0.05) is 31.1 Å². The lowest BCUT2D eigenvalue weighted by Crippen LogP contribution is -2.45. The number of ether oxygens (including phenoxy) is 2. The van der Waals surface area contributed by atoms with Gasteiger partial charge >= 0.3 is 0 Å². The normalized spacial score (nSPS) is 21.7. The van der Waals surface area contributed by atoms with Gasteiger partial charge in [-0.05, 0) is 74.9 Å². The molecule has 0 aromatic heterocycles. The van der Waals surface area contributed by atoms with E-state index in [2.05, 4.69) is 22.4 Å². The fourth-order valence-corrected chi connectivity index (χ4v) is 4.66. The molecule has 156 valence electrons. The van der Waals surface area contributed by atoms with Crippen LogP contribution in [0.2, 0.25) is 0 Å². The molecule has 2 aliphatic heterocycles. The van der Waals surface area contributed by atoms with Crippen molar-refractivity contribution in [2.24, 2.45) is 11.8 Å². The Bertz CT molecular complexity index is 771. The molecule has 1 N–H and O–H groups in total. The lowest BCUT2D eigenvalue weighted by molar-refractivity contribution is 0.0870. The zero-order valence-electron chi connectivity index (χ0n) is 16.9. The summed E-state index contributed by atoms with van der Waals surface area (Å²) in [6, 6.07) is 5.53. The summed E-state index contributed by atoms with van der Waals surface area (Å²) in [7, 11) is 0. The lowest BCUT2D eigenvalue weighted by atomic mass is 9.89. The Kier molecular flexibility index (Phi) is 6.70. The molecule has 1 aliphatic carbocycles. The first-order valence-electron chi connectivity index (χ1n) is 10.8. The Morgan fingerprint density at radius 1 is 1.14 bits per heavy atom. The average molecular weight is 415 g/mol. The Balaban J connectivity index is 1.23. The SMILES string of the molecule is O=C(c1ccc2c(c1)OCCO2)C1CCN(C(=S)NCC[C@H]2C=CCCC2)CC1. The van der Waals surface area contributed by atoms with Gasteiger partial charge in [0.05, 0.1) is 0 Å². The van der Waals surface area contributed by atoms with E-state index in [4.69, 9.17) is 21.7 Å². The number of carbonyl (C=O) groups is 1. The van der Waals surface area contributed by atoms with Crippen molar-refractivity contribution in [3.05, 3.63) is 35.9 Å². The van der Waals surface area contributed by atoms with Crippen molar-refractivity contribution >= 4 is 23.1 Å². The van der Waals surface area contributed by atoms with Gasteiger partial charge in [0.2, 0.25) is 0 Å². The van der Waals surface area contributed by atoms with Gasteiger partial charge in [-0.1, -0.05) is 12.2 Å². The van der Waals surface area contributed by atoms with Gasteiger partial charge in [0.15, 0.2) is 22.4 Å². The van der Waals surface area contributed by atoms with Gasteiger partial charge in [0.1, 0.15) is 13.2 Å². The van der Waals surface area contributed by atoms with E-state index in [1.807, 2.05) is 18.2 Å². The molecular formula is C23H30N2O3S. The number of Topliss-reactive ketones (excluding diaryl/α,β-unsaturated/α-hetero) is 1. The van der Waals surface area contributed by atoms with Crippen molar-refractivity contribution in [3.63, 3.8) is 0 Å². The molecular weight excluding hydrogens is 384 g/mol. The van der Waals surface area contributed by atoms with Crippen LogP contribution in [0.15, 0.2) is 30.4 Å². The van der Waals surface area contributed by atoms with Crippen LogP contribution < -0.4 is 14.8 Å². The number of hydrogen-bond donors (Lipinski definition) is 1. The minimum absolute atomic E-state index is 0.0454. The smallest absolute Gasteiger partial charge is 0.168 e. The van der Waals surface area contributed by atoms with Crippen LogP contribution in [0.4, 0.5) is 0 Å². The van der Waals surface area contributed by atoms with Crippen molar-refractivity contribution in [2.75, 3.05) is 32.8 Å². The van der Waals surface area contributed by atoms with Crippen LogP contribution in [0.3, 0.4) is 0 Å². The average Bonchev–Trinajstić information content (AvgIpc) is 2.79. The molecule has 29 heavy (non-hydrogen) atoms. The molecule has 0 saturated carbocycles. The molecule has 0 bridgehead atoms. The van der Waals surface area contributed by atoms with Gasteiger partial charge in [-0.25, -0.2) is 0 Å². The largest absolute Gasteiger partial charge is 0.486 e. The molecule has 2 heterocycles. The number of nitrogens with zero attached hydrogens (tertiary/aromatic N) is 1. The van der Waals surface area contributed by atoms with E-state index in [1.54, 1.807) is 0 Å². The van der Waals surface area contributed by atoms with Crippen molar-refractivity contribution in [1.82, 2.24) is 10.2 Å². The van der Waals surface area contributed by atoms with Crippen LogP contribution in [0.1, 0.15) is 48.9 Å². The minimum Gasteiger partial charge on any atom is -0.486 e. The molecule has 0 unspecified atom stereocenters. The summed E-state index contributed by atoms with van der Waals surface area (Å²) in [6.07, 6.45) is 11.3. The Morgan fingerprint density at radius 2 is 1.93 bits per heavy atom. The second-order valence-electron chi connectivity index (χ2n) is 8.12. The molecule has 1 fully saturated rings. The zero-order chi connectivity index (χ0) is 20.1. The molecule has 0 spiro atoms. The Hall–Kier alpha value is -2.08. The van der Waals surface area contributed by atoms with Crippen LogP contribution in [0.25, 0.3) is 0 Å². The summed E-state index contributed by atoms with van der Waals surface area (Å²) in [6.45, 7) is 3.67. The van der Waals surface area contributed by atoms with Gasteiger partial charge < -0.3 is 19.7 Å². The highest BCUT2D eigenvalue weighted by atomic mass is 32.1. The van der Waals surface area contributed by atoms with Crippen molar-refractivity contribution in [1.29, 1.82) is 0 Å². The van der Waals surface area contributed by atoms with Gasteiger partial charge in [-0.3, -0.25) is 4.79 Å². The van der Waals surface area contributed by atoms with E-state index in [1.165, 1.54) is 19.3 Å². The number of allylic oxidation sites excluding steroid dienone is 2. The minimum atomic E-state index is 0.0454. The molecule has 5 nitrogen and oxygen atoms in total. The number of piperidine rings is 1. The molecule has 3 aliphatic rings. The van der Waals surface area contributed by atoms with Crippen LogP contribution in [-0.4, -0.2) is 48.6 Å².